The molecule has 2 fully saturated rings. The van der Waals surface area contributed by atoms with Crippen molar-refractivity contribution in [2.75, 3.05) is 47.0 Å². The maximum atomic E-state index is 12.0. The number of nitrogens with zero attached hydrogens (tertiary/aromatic N) is 2. The van der Waals surface area contributed by atoms with E-state index in [1.807, 2.05) is 0 Å². The Labute approximate surface area is 150 Å². The molecule has 0 atom stereocenters. The first-order chi connectivity index (χ1) is 12.1. The van der Waals surface area contributed by atoms with Gasteiger partial charge >= 0.3 is 0 Å². The third-order valence-corrected chi connectivity index (χ3v) is 5.63. The number of rotatable bonds is 6. The lowest BCUT2D eigenvalue weighted by molar-refractivity contribution is -0.0492. The third-order valence-electron chi connectivity index (χ3n) is 5.63. The van der Waals surface area contributed by atoms with Crippen molar-refractivity contribution in [3.63, 3.8) is 0 Å². The second-order valence-corrected chi connectivity index (χ2v) is 7.45. The number of methoxy groups -OCH3 is 1. The van der Waals surface area contributed by atoms with Crippen molar-refractivity contribution in [3.8, 4) is 5.75 Å². The summed E-state index contributed by atoms with van der Waals surface area (Å²) < 4.78 is 10.6. The zero-order valence-corrected chi connectivity index (χ0v) is 15.6. The molecule has 1 saturated carbocycles. The van der Waals surface area contributed by atoms with Gasteiger partial charge < -0.3 is 14.5 Å². The van der Waals surface area contributed by atoms with Gasteiger partial charge in [-0.05, 0) is 19.9 Å². The average Bonchev–Trinajstić information content (AvgIpc) is 2.63. The predicted molar refractivity (Wildman–Crippen MR) is 98.2 cm³/mol. The molecule has 2 aliphatic rings. The Morgan fingerprint density at radius 1 is 1.28 bits per heavy atom. The van der Waals surface area contributed by atoms with E-state index in [1.165, 1.54) is 39.2 Å². The van der Waals surface area contributed by atoms with Crippen LogP contribution in [-0.2, 0) is 11.3 Å². The van der Waals surface area contributed by atoms with Crippen molar-refractivity contribution in [2.24, 2.45) is 0 Å². The van der Waals surface area contributed by atoms with E-state index in [1.54, 1.807) is 12.3 Å². The first kappa shape index (κ1) is 18.4. The lowest BCUT2D eigenvalue weighted by Gasteiger charge is -2.49. The number of ether oxygens (including phenoxy) is 2. The van der Waals surface area contributed by atoms with E-state index in [0.29, 0.717) is 5.75 Å². The Bertz CT molecular complexity index is 604. The van der Waals surface area contributed by atoms with E-state index in [4.69, 9.17) is 9.47 Å². The van der Waals surface area contributed by atoms with Gasteiger partial charge in [-0.15, -0.1) is 0 Å². The minimum Gasteiger partial charge on any atom is -0.491 e. The van der Waals surface area contributed by atoms with Gasteiger partial charge in [-0.1, -0.05) is 19.3 Å². The largest absolute Gasteiger partial charge is 0.491 e. The van der Waals surface area contributed by atoms with Crippen LogP contribution in [0.25, 0.3) is 0 Å². The quantitative estimate of drug-likeness (QED) is 0.849. The van der Waals surface area contributed by atoms with Crippen LogP contribution in [0.2, 0.25) is 0 Å². The Balaban J connectivity index is 1.68. The fraction of sp³-hybridized carbons (Fsp3) is 0.737. The van der Waals surface area contributed by atoms with Crippen molar-refractivity contribution in [3.05, 3.63) is 28.2 Å². The molecule has 0 bridgehead atoms. The summed E-state index contributed by atoms with van der Waals surface area (Å²) >= 11 is 0. The summed E-state index contributed by atoms with van der Waals surface area (Å²) in [6, 6.07) is 1.65. The van der Waals surface area contributed by atoms with Gasteiger partial charge in [0.2, 0.25) is 5.43 Å². The number of nitrogens with one attached hydrogen (secondary N) is 1. The molecule has 1 N–H and O–H groups in total. The zero-order valence-electron chi connectivity index (χ0n) is 15.6. The van der Waals surface area contributed by atoms with E-state index in [0.717, 1.165) is 45.1 Å². The molecule has 1 aliphatic heterocycles. The van der Waals surface area contributed by atoms with E-state index < -0.39 is 0 Å². The monoisotopic (exact) mass is 349 g/mol. The van der Waals surface area contributed by atoms with Crippen LogP contribution in [0.15, 0.2) is 17.1 Å². The number of morpholine rings is 1. The van der Waals surface area contributed by atoms with E-state index >= 15 is 0 Å². The summed E-state index contributed by atoms with van der Waals surface area (Å²) in [5.41, 5.74) is 1.12. The minimum atomic E-state index is -0.0646. The highest BCUT2D eigenvalue weighted by Gasteiger charge is 2.39. The average molecular weight is 349 g/mol. The Hall–Kier alpha value is -1.37. The van der Waals surface area contributed by atoms with E-state index in [2.05, 4.69) is 21.8 Å². The standard InChI is InChI=1S/C19H31N3O3/c1-21(14-16-12-17(23)18(24-2)13-20-16)15-19(6-4-3-5-7-19)22-8-10-25-11-9-22/h12-13H,3-11,14-15H2,1-2H3,(H,20,23). The van der Waals surface area contributed by atoms with Gasteiger partial charge in [0.25, 0.3) is 0 Å². The first-order valence-corrected chi connectivity index (χ1v) is 9.40. The van der Waals surface area contributed by atoms with Crippen LogP contribution in [0, 0.1) is 0 Å². The fourth-order valence-corrected chi connectivity index (χ4v) is 4.42. The topological polar surface area (TPSA) is 57.8 Å². The summed E-state index contributed by atoms with van der Waals surface area (Å²) in [5.74, 6) is 0.364. The van der Waals surface area contributed by atoms with E-state index in [9.17, 15) is 4.79 Å². The summed E-state index contributed by atoms with van der Waals surface area (Å²) in [6.45, 7) is 5.53. The Morgan fingerprint density at radius 3 is 2.64 bits per heavy atom. The molecule has 3 rings (SSSR count). The smallest absolute Gasteiger partial charge is 0.223 e. The van der Waals surface area contributed by atoms with Crippen molar-refractivity contribution in [1.82, 2.24) is 14.8 Å². The highest BCUT2D eigenvalue weighted by atomic mass is 16.5. The van der Waals surface area contributed by atoms with Gasteiger partial charge in [0.05, 0.1) is 20.3 Å². The molecule has 0 radical (unpaired) electrons. The number of hydrogen-bond acceptors (Lipinski definition) is 5. The lowest BCUT2D eigenvalue weighted by atomic mass is 9.79. The van der Waals surface area contributed by atoms with Crippen LogP contribution in [0.3, 0.4) is 0 Å². The molecule has 140 valence electrons. The molecule has 0 spiro atoms. The van der Waals surface area contributed by atoms with Crippen LogP contribution >= 0.6 is 0 Å². The number of aromatic amines is 1. The third kappa shape index (κ3) is 4.43. The Morgan fingerprint density at radius 2 is 2.00 bits per heavy atom. The summed E-state index contributed by atoms with van der Waals surface area (Å²) in [7, 11) is 3.67. The number of hydrogen-bond donors (Lipinski definition) is 1. The van der Waals surface area contributed by atoms with Gasteiger partial charge in [-0.3, -0.25) is 14.6 Å². The van der Waals surface area contributed by atoms with Crippen LogP contribution in [-0.4, -0.2) is 67.3 Å². The molecule has 1 saturated heterocycles. The molecule has 0 amide bonds. The van der Waals surface area contributed by atoms with Gasteiger partial charge in [-0.2, -0.15) is 0 Å². The number of likely N-dealkylation sites (N-methyl/N-ethyl adjacent to an activating group) is 1. The van der Waals surface area contributed by atoms with Crippen molar-refractivity contribution in [1.29, 1.82) is 0 Å². The molecular weight excluding hydrogens is 318 g/mol. The number of H-pyrrole nitrogens is 1. The van der Waals surface area contributed by atoms with Crippen LogP contribution in [0.1, 0.15) is 37.8 Å². The fourth-order valence-electron chi connectivity index (χ4n) is 4.42. The molecule has 2 heterocycles. The predicted octanol–water partition coefficient (Wildman–Crippen LogP) is 1.85. The second kappa shape index (κ2) is 8.34. The Kier molecular flexibility index (Phi) is 6.15. The summed E-state index contributed by atoms with van der Waals surface area (Å²) in [4.78, 5) is 20.2. The van der Waals surface area contributed by atoms with Crippen LogP contribution in [0.5, 0.6) is 5.75 Å². The zero-order chi connectivity index (χ0) is 17.7. The molecule has 0 aromatic carbocycles. The SMILES string of the molecule is COc1c[nH]c(CN(C)CC2(N3CCOCC3)CCCCC2)cc1=O. The minimum absolute atomic E-state index is 0.0646. The maximum Gasteiger partial charge on any atom is 0.223 e. The molecule has 0 unspecified atom stereocenters. The van der Waals surface area contributed by atoms with Crippen molar-refractivity contribution < 1.29 is 9.47 Å². The number of pyridine rings is 1. The van der Waals surface area contributed by atoms with Gasteiger partial charge in [0, 0.05) is 49.7 Å². The van der Waals surface area contributed by atoms with Gasteiger partial charge in [0.15, 0.2) is 5.75 Å². The second-order valence-electron chi connectivity index (χ2n) is 7.45. The molecule has 6 nitrogen and oxygen atoms in total. The molecule has 1 aromatic heterocycles. The molecular formula is C19H31N3O3. The highest BCUT2D eigenvalue weighted by molar-refractivity contribution is 5.20. The van der Waals surface area contributed by atoms with E-state index in [-0.39, 0.29) is 11.0 Å². The van der Waals surface area contributed by atoms with Gasteiger partial charge in [-0.25, -0.2) is 0 Å². The van der Waals surface area contributed by atoms with Crippen molar-refractivity contribution in [2.45, 2.75) is 44.2 Å². The molecule has 25 heavy (non-hydrogen) atoms. The molecule has 1 aromatic rings. The van der Waals surface area contributed by atoms with Crippen LogP contribution < -0.4 is 10.2 Å². The maximum absolute atomic E-state index is 12.0. The first-order valence-electron chi connectivity index (χ1n) is 9.40. The van der Waals surface area contributed by atoms with Crippen molar-refractivity contribution >= 4 is 0 Å². The molecule has 1 aliphatic carbocycles. The highest BCUT2D eigenvalue weighted by Crippen LogP contribution is 2.35. The van der Waals surface area contributed by atoms with Crippen LogP contribution in [0.4, 0.5) is 0 Å². The summed E-state index contributed by atoms with van der Waals surface area (Å²) in [6.07, 6.45) is 8.15. The number of aromatic nitrogens is 1. The lowest BCUT2D eigenvalue weighted by Crippen LogP contribution is -2.59. The summed E-state index contributed by atoms with van der Waals surface area (Å²) in [5, 5.41) is 0. The molecule has 6 heteroatoms. The normalized spacial score (nSPS) is 21.4. The van der Waals surface area contributed by atoms with Gasteiger partial charge in [0.1, 0.15) is 0 Å².